The molecule has 2 heterocycles. The van der Waals surface area contributed by atoms with Crippen molar-refractivity contribution in [1.82, 2.24) is 15.5 Å². The molecule has 0 radical (unpaired) electrons. The normalized spacial score (nSPS) is 20.3. The molecule has 86 valence electrons. The molecular formula is C9H12N4O2S. The zero-order chi connectivity index (χ0) is 11.5. The number of nitrogens with zero attached hydrogens (tertiary/aromatic N) is 2. The summed E-state index contributed by atoms with van der Waals surface area (Å²) >= 11 is 1.34. The quantitative estimate of drug-likeness (QED) is 0.779. The van der Waals surface area contributed by atoms with Crippen LogP contribution >= 0.6 is 11.3 Å². The number of aromatic nitrogens is 2. The maximum absolute atomic E-state index is 11.8. The van der Waals surface area contributed by atoms with E-state index in [1.165, 1.54) is 11.3 Å². The molecule has 0 aliphatic carbocycles. The summed E-state index contributed by atoms with van der Waals surface area (Å²) < 4.78 is 0. The van der Waals surface area contributed by atoms with Crippen LogP contribution in [-0.2, 0) is 9.59 Å². The third-order valence-electron chi connectivity index (χ3n) is 2.39. The number of aryl methyl sites for hydroxylation is 1. The molecule has 1 unspecified atom stereocenters. The minimum atomic E-state index is -0.165. The Bertz CT molecular complexity index is 407. The molecule has 7 heteroatoms. The smallest absolute Gasteiger partial charge is 0.231 e. The highest BCUT2D eigenvalue weighted by Crippen LogP contribution is 2.17. The Morgan fingerprint density at radius 2 is 2.38 bits per heavy atom. The largest absolute Gasteiger partial charge is 0.355 e. The van der Waals surface area contributed by atoms with Gasteiger partial charge in [0.2, 0.25) is 16.9 Å². The molecule has 0 aromatic carbocycles. The second-order valence-corrected chi connectivity index (χ2v) is 4.84. The second kappa shape index (κ2) is 4.56. The highest BCUT2D eigenvalue weighted by atomic mass is 32.1. The zero-order valence-electron chi connectivity index (χ0n) is 8.82. The Labute approximate surface area is 96.5 Å². The first-order valence-electron chi connectivity index (χ1n) is 5.03. The molecule has 2 rings (SSSR count). The van der Waals surface area contributed by atoms with E-state index in [4.69, 9.17) is 0 Å². The Morgan fingerprint density at radius 3 is 2.94 bits per heavy atom. The van der Waals surface area contributed by atoms with E-state index in [9.17, 15) is 9.59 Å². The fraction of sp³-hybridized carbons (Fsp3) is 0.556. The van der Waals surface area contributed by atoms with Crippen molar-refractivity contribution in [2.75, 3.05) is 11.9 Å². The number of hydrogen-bond donors (Lipinski definition) is 2. The van der Waals surface area contributed by atoms with Crippen LogP contribution in [0.5, 0.6) is 0 Å². The average molecular weight is 240 g/mol. The molecule has 1 saturated heterocycles. The van der Waals surface area contributed by atoms with E-state index in [2.05, 4.69) is 20.8 Å². The van der Waals surface area contributed by atoms with Gasteiger partial charge in [0.25, 0.3) is 0 Å². The van der Waals surface area contributed by atoms with Crippen molar-refractivity contribution in [2.45, 2.75) is 19.8 Å². The summed E-state index contributed by atoms with van der Waals surface area (Å²) in [5, 5.41) is 14.3. The maximum atomic E-state index is 11.8. The number of carbonyl (C=O) groups excluding carboxylic acids is 2. The molecule has 1 fully saturated rings. The molecule has 1 atom stereocenters. The van der Waals surface area contributed by atoms with Gasteiger partial charge in [0.1, 0.15) is 5.01 Å². The van der Waals surface area contributed by atoms with Gasteiger partial charge in [-0.05, 0) is 13.3 Å². The van der Waals surface area contributed by atoms with E-state index in [0.29, 0.717) is 24.5 Å². The Kier molecular flexibility index (Phi) is 3.14. The van der Waals surface area contributed by atoms with E-state index < -0.39 is 0 Å². The third kappa shape index (κ3) is 2.54. The van der Waals surface area contributed by atoms with Crippen molar-refractivity contribution >= 4 is 28.3 Å². The van der Waals surface area contributed by atoms with Gasteiger partial charge in [-0.2, -0.15) is 0 Å². The number of anilines is 1. The minimum Gasteiger partial charge on any atom is -0.355 e. The molecule has 1 aliphatic rings. The highest BCUT2D eigenvalue weighted by molar-refractivity contribution is 7.15. The van der Waals surface area contributed by atoms with E-state index in [0.717, 1.165) is 5.01 Å². The molecule has 2 amide bonds. The number of amides is 2. The van der Waals surface area contributed by atoms with E-state index in [-0.39, 0.29) is 17.7 Å². The fourth-order valence-electron chi connectivity index (χ4n) is 1.51. The maximum Gasteiger partial charge on any atom is 0.231 e. The van der Waals surface area contributed by atoms with Gasteiger partial charge in [-0.15, -0.1) is 10.2 Å². The van der Waals surface area contributed by atoms with Gasteiger partial charge in [-0.3, -0.25) is 9.59 Å². The predicted molar refractivity (Wildman–Crippen MR) is 59.0 cm³/mol. The van der Waals surface area contributed by atoms with Gasteiger partial charge in [0.15, 0.2) is 0 Å². The van der Waals surface area contributed by atoms with Crippen LogP contribution in [0, 0.1) is 12.8 Å². The summed E-state index contributed by atoms with van der Waals surface area (Å²) in [6, 6.07) is 0. The lowest BCUT2D eigenvalue weighted by atomic mass is 9.98. The molecule has 0 bridgehead atoms. The first kappa shape index (κ1) is 11.0. The molecule has 16 heavy (non-hydrogen) atoms. The number of piperidine rings is 1. The van der Waals surface area contributed by atoms with Crippen LogP contribution in [0.4, 0.5) is 5.13 Å². The Morgan fingerprint density at radius 1 is 1.56 bits per heavy atom. The monoisotopic (exact) mass is 240 g/mol. The van der Waals surface area contributed by atoms with Gasteiger partial charge in [0, 0.05) is 13.0 Å². The first-order chi connectivity index (χ1) is 7.65. The minimum absolute atomic E-state index is 0.0100. The van der Waals surface area contributed by atoms with Gasteiger partial charge >= 0.3 is 0 Å². The standard InChI is InChI=1S/C9H12N4O2S/c1-5-12-13-9(16-5)11-8(15)6-2-3-7(14)10-4-6/h6H,2-4H2,1H3,(H,10,14)(H,11,13,15). The van der Waals surface area contributed by atoms with Crippen molar-refractivity contribution in [2.24, 2.45) is 5.92 Å². The first-order valence-corrected chi connectivity index (χ1v) is 5.84. The lowest BCUT2D eigenvalue weighted by Gasteiger charge is -2.20. The van der Waals surface area contributed by atoms with Crippen LogP contribution in [-0.4, -0.2) is 28.6 Å². The van der Waals surface area contributed by atoms with Crippen molar-refractivity contribution in [3.63, 3.8) is 0 Å². The molecule has 2 N–H and O–H groups in total. The molecule has 0 spiro atoms. The zero-order valence-corrected chi connectivity index (χ0v) is 9.63. The molecular weight excluding hydrogens is 228 g/mol. The summed E-state index contributed by atoms with van der Waals surface area (Å²) in [5.74, 6) is -0.256. The van der Waals surface area contributed by atoms with Gasteiger partial charge in [-0.25, -0.2) is 0 Å². The lowest BCUT2D eigenvalue weighted by molar-refractivity contribution is -0.126. The van der Waals surface area contributed by atoms with Crippen molar-refractivity contribution in [3.8, 4) is 0 Å². The molecule has 0 saturated carbocycles. The van der Waals surface area contributed by atoms with Crippen LogP contribution in [0.3, 0.4) is 0 Å². The predicted octanol–water partition coefficient (Wildman–Crippen LogP) is 0.311. The van der Waals surface area contributed by atoms with Crippen LogP contribution in [0.25, 0.3) is 0 Å². The van der Waals surface area contributed by atoms with Gasteiger partial charge in [0.05, 0.1) is 5.92 Å². The molecule has 1 aromatic heterocycles. The molecule has 1 aliphatic heterocycles. The number of hydrogen-bond acceptors (Lipinski definition) is 5. The lowest BCUT2D eigenvalue weighted by Crippen LogP contribution is -2.40. The Balaban J connectivity index is 1.91. The van der Waals surface area contributed by atoms with Crippen LogP contribution < -0.4 is 10.6 Å². The SMILES string of the molecule is Cc1nnc(NC(=O)C2CCC(=O)NC2)s1. The number of nitrogens with one attached hydrogen (secondary N) is 2. The van der Waals surface area contributed by atoms with Crippen molar-refractivity contribution in [1.29, 1.82) is 0 Å². The summed E-state index contributed by atoms with van der Waals surface area (Å²) in [5.41, 5.74) is 0. The van der Waals surface area contributed by atoms with Gasteiger partial charge in [-0.1, -0.05) is 11.3 Å². The summed E-state index contributed by atoms with van der Waals surface area (Å²) in [6.45, 7) is 2.23. The fourth-order valence-corrected chi connectivity index (χ4v) is 2.11. The Hall–Kier alpha value is -1.50. The van der Waals surface area contributed by atoms with Crippen LogP contribution in [0.2, 0.25) is 0 Å². The van der Waals surface area contributed by atoms with Gasteiger partial charge < -0.3 is 10.6 Å². The topological polar surface area (TPSA) is 84.0 Å². The third-order valence-corrected chi connectivity index (χ3v) is 3.15. The average Bonchev–Trinajstić information content (AvgIpc) is 2.65. The highest BCUT2D eigenvalue weighted by Gasteiger charge is 2.24. The number of carbonyl (C=O) groups is 2. The number of rotatable bonds is 2. The van der Waals surface area contributed by atoms with Crippen molar-refractivity contribution in [3.05, 3.63) is 5.01 Å². The van der Waals surface area contributed by atoms with Crippen LogP contribution in [0.15, 0.2) is 0 Å². The van der Waals surface area contributed by atoms with E-state index >= 15 is 0 Å². The van der Waals surface area contributed by atoms with Crippen LogP contribution in [0.1, 0.15) is 17.8 Å². The van der Waals surface area contributed by atoms with E-state index in [1.54, 1.807) is 0 Å². The van der Waals surface area contributed by atoms with Crippen molar-refractivity contribution < 1.29 is 9.59 Å². The summed E-state index contributed by atoms with van der Waals surface area (Å²) in [4.78, 5) is 22.7. The summed E-state index contributed by atoms with van der Waals surface area (Å²) in [6.07, 6.45) is 1.00. The summed E-state index contributed by atoms with van der Waals surface area (Å²) in [7, 11) is 0. The van der Waals surface area contributed by atoms with E-state index in [1.807, 2.05) is 6.92 Å². The molecule has 6 nitrogen and oxygen atoms in total. The second-order valence-electron chi connectivity index (χ2n) is 3.66. The molecule has 1 aromatic rings.